The second-order valence-corrected chi connectivity index (χ2v) is 4.65. The number of hydrogen-bond donors (Lipinski definition) is 1. The second kappa shape index (κ2) is 7.24. The molecule has 0 heterocycles. The van der Waals surface area contributed by atoms with Crippen LogP contribution in [0.4, 0.5) is 0 Å². The van der Waals surface area contributed by atoms with Crippen molar-refractivity contribution < 1.29 is 14.3 Å². The Hall–Kier alpha value is -2.62. The highest BCUT2D eigenvalue weighted by Gasteiger charge is 2.14. The lowest BCUT2D eigenvalue weighted by Crippen LogP contribution is -2.39. The van der Waals surface area contributed by atoms with E-state index in [-0.39, 0.29) is 5.91 Å². The largest absolute Gasteiger partial charge is 0.470 e. The summed E-state index contributed by atoms with van der Waals surface area (Å²) in [6.45, 7) is 1.44. The quantitative estimate of drug-likeness (QED) is 0.655. The molecule has 1 amide bonds. The molecule has 0 saturated carbocycles. The average Bonchev–Trinajstić information content (AvgIpc) is 2.48. The van der Waals surface area contributed by atoms with Crippen LogP contribution in [0, 0.1) is 0 Å². The fraction of sp³-hybridized carbons (Fsp3) is 0.176. The highest BCUT2D eigenvalue weighted by molar-refractivity contribution is 5.79. The normalized spacial score (nSPS) is 11.5. The van der Waals surface area contributed by atoms with Crippen molar-refractivity contribution in [1.29, 1.82) is 0 Å². The molecule has 0 saturated heterocycles. The molecule has 0 spiro atoms. The number of aldehydes is 1. The molecule has 0 bridgehead atoms. The number of para-hydroxylation sites is 1. The molecule has 1 N–H and O–H groups in total. The minimum absolute atomic E-state index is 0.181. The van der Waals surface area contributed by atoms with Gasteiger partial charge in [-0.25, -0.2) is 0 Å². The summed E-state index contributed by atoms with van der Waals surface area (Å²) >= 11 is 0. The summed E-state index contributed by atoms with van der Waals surface area (Å²) in [4.78, 5) is 22.4. The van der Waals surface area contributed by atoms with Gasteiger partial charge in [-0.15, -0.1) is 0 Å². The van der Waals surface area contributed by atoms with Crippen LogP contribution >= 0.6 is 0 Å². The van der Waals surface area contributed by atoms with Gasteiger partial charge in [0.05, 0.1) is 5.56 Å². The fourth-order valence-electron chi connectivity index (χ4n) is 2.02. The summed E-state index contributed by atoms with van der Waals surface area (Å²) in [6.07, 6.45) is 0.738. The third kappa shape index (κ3) is 4.45. The minimum Gasteiger partial charge on any atom is -0.470 e. The lowest BCUT2D eigenvalue weighted by atomic mass is 10.1. The fourth-order valence-corrected chi connectivity index (χ4v) is 2.02. The molecular weight excluding hydrogens is 266 g/mol. The highest BCUT2D eigenvalue weighted by atomic mass is 16.5. The first-order valence-corrected chi connectivity index (χ1v) is 6.71. The first kappa shape index (κ1) is 14.8. The van der Waals surface area contributed by atoms with E-state index in [4.69, 9.17) is 4.74 Å². The Balaban J connectivity index is 2.16. The summed E-state index contributed by atoms with van der Waals surface area (Å²) in [5.41, 5.74) is 1.50. The Morgan fingerprint density at radius 3 is 2.48 bits per heavy atom. The third-order valence-electron chi connectivity index (χ3n) is 2.94. The number of ether oxygens (including phenoxy) is 1. The molecule has 4 nitrogen and oxygen atoms in total. The molecule has 0 aliphatic carbocycles. The lowest BCUT2D eigenvalue weighted by molar-refractivity contribution is -0.121. The molecule has 1 atom stereocenters. The van der Waals surface area contributed by atoms with Gasteiger partial charge in [0, 0.05) is 13.3 Å². The van der Waals surface area contributed by atoms with E-state index in [2.05, 4.69) is 5.32 Å². The smallest absolute Gasteiger partial charge is 0.219 e. The molecule has 4 heteroatoms. The topological polar surface area (TPSA) is 55.4 Å². The molecule has 0 aliphatic rings. The van der Waals surface area contributed by atoms with Gasteiger partial charge in [-0.05, 0) is 17.7 Å². The number of benzene rings is 2. The number of rotatable bonds is 6. The summed E-state index contributed by atoms with van der Waals surface area (Å²) in [6, 6.07) is 16.7. The molecule has 2 aromatic carbocycles. The van der Waals surface area contributed by atoms with Gasteiger partial charge in [-0.2, -0.15) is 0 Å². The molecule has 0 radical (unpaired) electrons. The van der Waals surface area contributed by atoms with Crippen molar-refractivity contribution in [3.8, 4) is 5.75 Å². The van der Waals surface area contributed by atoms with E-state index < -0.39 is 6.23 Å². The molecule has 2 aromatic rings. The molecule has 0 fully saturated rings. The summed E-state index contributed by atoms with van der Waals surface area (Å²) in [5, 5.41) is 2.75. The molecule has 0 aliphatic heterocycles. The van der Waals surface area contributed by atoms with Gasteiger partial charge in [0.25, 0.3) is 0 Å². The SMILES string of the molecule is CC(=O)NC(Cc1ccccc1)Oc1ccccc1C=O. The minimum atomic E-state index is -0.522. The van der Waals surface area contributed by atoms with Gasteiger partial charge in [0.1, 0.15) is 5.75 Å². The molecule has 21 heavy (non-hydrogen) atoms. The molecule has 108 valence electrons. The molecule has 1 unspecified atom stereocenters. The monoisotopic (exact) mass is 283 g/mol. The summed E-state index contributed by atoms with van der Waals surface area (Å²) in [7, 11) is 0. The number of carbonyl (C=O) groups excluding carboxylic acids is 2. The van der Waals surface area contributed by atoms with Crippen molar-refractivity contribution in [3.05, 3.63) is 65.7 Å². The molecular formula is C17H17NO3. The van der Waals surface area contributed by atoms with Gasteiger partial charge >= 0.3 is 0 Å². The number of hydrogen-bond acceptors (Lipinski definition) is 3. The second-order valence-electron chi connectivity index (χ2n) is 4.65. The van der Waals surface area contributed by atoms with Crippen molar-refractivity contribution in [2.45, 2.75) is 19.6 Å². The van der Waals surface area contributed by atoms with Crippen molar-refractivity contribution in [2.24, 2.45) is 0 Å². The zero-order valence-electron chi connectivity index (χ0n) is 11.8. The van der Waals surface area contributed by atoms with Gasteiger partial charge in [0.15, 0.2) is 12.5 Å². The van der Waals surface area contributed by atoms with Crippen molar-refractivity contribution >= 4 is 12.2 Å². The predicted octanol–water partition coefficient (Wildman–Crippen LogP) is 2.58. The van der Waals surface area contributed by atoms with Crippen LogP contribution in [0.3, 0.4) is 0 Å². The Morgan fingerprint density at radius 1 is 1.14 bits per heavy atom. The van der Waals surface area contributed by atoms with E-state index >= 15 is 0 Å². The number of carbonyl (C=O) groups is 2. The number of nitrogens with one attached hydrogen (secondary N) is 1. The van der Waals surface area contributed by atoms with E-state index in [9.17, 15) is 9.59 Å². The first-order valence-electron chi connectivity index (χ1n) is 6.71. The maximum absolute atomic E-state index is 11.3. The van der Waals surface area contributed by atoms with Crippen LogP contribution in [0.2, 0.25) is 0 Å². The zero-order valence-corrected chi connectivity index (χ0v) is 11.8. The van der Waals surface area contributed by atoms with E-state index in [0.29, 0.717) is 17.7 Å². The van der Waals surface area contributed by atoms with Gasteiger partial charge in [0.2, 0.25) is 5.91 Å². The lowest BCUT2D eigenvalue weighted by Gasteiger charge is -2.20. The Labute approximate surface area is 123 Å². The van der Waals surface area contributed by atoms with Crippen LogP contribution in [-0.4, -0.2) is 18.4 Å². The Bertz CT molecular complexity index is 610. The van der Waals surface area contributed by atoms with Gasteiger partial charge < -0.3 is 10.1 Å². The zero-order chi connectivity index (χ0) is 15.1. The van der Waals surface area contributed by atoms with Crippen LogP contribution in [0.5, 0.6) is 5.75 Å². The number of amides is 1. The maximum Gasteiger partial charge on any atom is 0.219 e. The van der Waals surface area contributed by atoms with Crippen LogP contribution in [-0.2, 0) is 11.2 Å². The Kier molecular flexibility index (Phi) is 5.10. The third-order valence-corrected chi connectivity index (χ3v) is 2.94. The predicted molar refractivity (Wildman–Crippen MR) is 80.2 cm³/mol. The van der Waals surface area contributed by atoms with Gasteiger partial charge in [-0.3, -0.25) is 9.59 Å². The van der Waals surface area contributed by atoms with Crippen LogP contribution in [0.1, 0.15) is 22.8 Å². The summed E-state index contributed by atoms with van der Waals surface area (Å²) in [5.74, 6) is 0.279. The standard InChI is InChI=1S/C17H17NO3/c1-13(20)18-17(11-14-7-3-2-4-8-14)21-16-10-6-5-9-15(16)12-19/h2-10,12,17H,11H2,1H3,(H,18,20). The average molecular weight is 283 g/mol. The Morgan fingerprint density at radius 2 is 1.81 bits per heavy atom. The molecule has 2 rings (SSSR count). The first-order chi connectivity index (χ1) is 10.2. The van der Waals surface area contributed by atoms with Crippen LogP contribution < -0.4 is 10.1 Å². The van der Waals surface area contributed by atoms with Gasteiger partial charge in [-0.1, -0.05) is 42.5 Å². The van der Waals surface area contributed by atoms with E-state index in [1.807, 2.05) is 30.3 Å². The van der Waals surface area contributed by atoms with E-state index in [0.717, 1.165) is 11.8 Å². The van der Waals surface area contributed by atoms with E-state index in [1.165, 1.54) is 6.92 Å². The maximum atomic E-state index is 11.3. The van der Waals surface area contributed by atoms with Crippen molar-refractivity contribution in [1.82, 2.24) is 5.32 Å². The van der Waals surface area contributed by atoms with Crippen LogP contribution in [0.25, 0.3) is 0 Å². The highest BCUT2D eigenvalue weighted by Crippen LogP contribution is 2.18. The molecule has 0 aromatic heterocycles. The van der Waals surface area contributed by atoms with Crippen molar-refractivity contribution in [2.75, 3.05) is 0 Å². The van der Waals surface area contributed by atoms with Crippen molar-refractivity contribution in [3.63, 3.8) is 0 Å². The summed E-state index contributed by atoms with van der Waals surface area (Å²) < 4.78 is 5.79. The van der Waals surface area contributed by atoms with E-state index in [1.54, 1.807) is 24.3 Å². The van der Waals surface area contributed by atoms with Crippen LogP contribution in [0.15, 0.2) is 54.6 Å².